The molecule has 0 spiro atoms. The molecular formula is C14H13N3O2S. The Morgan fingerprint density at radius 3 is 2.80 bits per heavy atom. The van der Waals surface area contributed by atoms with E-state index in [2.05, 4.69) is 14.7 Å². The predicted octanol–water partition coefficient (Wildman–Crippen LogP) is 2.67. The third-order valence-electron chi connectivity index (χ3n) is 2.97. The van der Waals surface area contributed by atoms with Crippen molar-refractivity contribution in [1.82, 2.24) is 9.97 Å². The number of imidazole rings is 1. The Hall–Kier alpha value is -2.34. The lowest BCUT2D eigenvalue weighted by molar-refractivity contribution is 0.601. The van der Waals surface area contributed by atoms with Crippen molar-refractivity contribution in [2.24, 2.45) is 0 Å². The molecule has 0 aliphatic carbocycles. The van der Waals surface area contributed by atoms with Gasteiger partial charge in [-0.15, -0.1) is 0 Å². The number of benzene rings is 2. The molecule has 3 rings (SSSR count). The second-order valence-electron chi connectivity index (χ2n) is 4.56. The highest BCUT2D eigenvalue weighted by Crippen LogP contribution is 2.20. The molecule has 0 saturated carbocycles. The Bertz CT molecular complexity index is 869. The Balaban J connectivity index is 1.96. The Morgan fingerprint density at radius 2 is 2.00 bits per heavy atom. The number of H-pyrrole nitrogens is 1. The van der Waals surface area contributed by atoms with Gasteiger partial charge in [-0.2, -0.15) is 0 Å². The molecule has 1 aromatic heterocycles. The van der Waals surface area contributed by atoms with Gasteiger partial charge in [0, 0.05) is 0 Å². The zero-order valence-corrected chi connectivity index (χ0v) is 11.6. The second-order valence-corrected chi connectivity index (χ2v) is 6.24. The minimum atomic E-state index is -3.57. The average molecular weight is 287 g/mol. The van der Waals surface area contributed by atoms with Crippen molar-refractivity contribution < 1.29 is 8.42 Å². The number of fused-ring (bicyclic) bond motifs is 1. The number of aromatic amines is 1. The summed E-state index contributed by atoms with van der Waals surface area (Å²) >= 11 is 0. The average Bonchev–Trinajstić information content (AvgIpc) is 2.85. The number of hydrogen-bond acceptors (Lipinski definition) is 3. The number of hydrogen-bond donors (Lipinski definition) is 2. The molecule has 0 unspecified atom stereocenters. The third kappa shape index (κ3) is 2.37. The molecule has 2 N–H and O–H groups in total. The first-order chi connectivity index (χ1) is 9.54. The van der Waals surface area contributed by atoms with E-state index in [1.54, 1.807) is 42.7 Å². The van der Waals surface area contributed by atoms with E-state index in [1.165, 1.54) is 0 Å². The molecule has 0 fully saturated rings. The highest BCUT2D eigenvalue weighted by molar-refractivity contribution is 7.92. The van der Waals surface area contributed by atoms with E-state index in [-0.39, 0.29) is 4.90 Å². The summed E-state index contributed by atoms with van der Waals surface area (Å²) in [6.07, 6.45) is 1.57. The molecule has 20 heavy (non-hydrogen) atoms. The zero-order valence-electron chi connectivity index (χ0n) is 10.8. The van der Waals surface area contributed by atoms with Crippen LogP contribution < -0.4 is 4.72 Å². The standard InChI is InChI=1S/C14H13N3O2S/c1-10-3-2-4-12(7-10)20(18,19)17-11-5-6-13-14(8-11)16-9-15-13/h2-9,17H,1H3,(H,15,16). The lowest BCUT2D eigenvalue weighted by Crippen LogP contribution is -2.12. The van der Waals surface area contributed by atoms with Crippen LogP contribution in [0, 0.1) is 6.92 Å². The van der Waals surface area contributed by atoms with Crippen LogP contribution in [-0.4, -0.2) is 18.4 Å². The number of rotatable bonds is 3. The fraction of sp³-hybridized carbons (Fsp3) is 0.0714. The summed E-state index contributed by atoms with van der Waals surface area (Å²) in [4.78, 5) is 7.29. The highest BCUT2D eigenvalue weighted by atomic mass is 32.2. The fourth-order valence-corrected chi connectivity index (χ4v) is 3.15. The minimum Gasteiger partial charge on any atom is -0.345 e. The molecule has 1 heterocycles. The molecule has 0 aliphatic heterocycles. The first kappa shape index (κ1) is 12.7. The maximum absolute atomic E-state index is 12.3. The summed E-state index contributed by atoms with van der Waals surface area (Å²) in [7, 11) is -3.57. The molecule has 0 radical (unpaired) electrons. The van der Waals surface area contributed by atoms with Gasteiger partial charge in [-0.3, -0.25) is 4.72 Å². The summed E-state index contributed by atoms with van der Waals surface area (Å²) in [6.45, 7) is 1.86. The molecule has 6 heteroatoms. The van der Waals surface area contributed by atoms with Gasteiger partial charge in [-0.25, -0.2) is 13.4 Å². The van der Waals surface area contributed by atoms with Crippen molar-refractivity contribution >= 4 is 26.7 Å². The van der Waals surface area contributed by atoms with Gasteiger partial charge in [0.1, 0.15) is 0 Å². The topological polar surface area (TPSA) is 74.8 Å². The van der Waals surface area contributed by atoms with Gasteiger partial charge >= 0.3 is 0 Å². The number of sulfonamides is 1. The first-order valence-corrected chi connectivity index (χ1v) is 7.55. The van der Waals surface area contributed by atoms with Crippen molar-refractivity contribution in [3.8, 4) is 0 Å². The second kappa shape index (κ2) is 4.64. The number of anilines is 1. The SMILES string of the molecule is Cc1cccc(S(=O)(=O)Nc2ccc3nc[nH]c3c2)c1. The van der Waals surface area contributed by atoms with Gasteiger partial charge in [0.2, 0.25) is 0 Å². The van der Waals surface area contributed by atoms with Crippen molar-refractivity contribution in [2.45, 2.75) is 11.8 Å². The maximum atomic E-state index is 12.3. The minimum absolute atomic E-state index is 0.252. The molecule has 102 valence electrons. The van der Waals surface area contributed by atoms with Crippen LogP contribution in [0.4, 0.5) is 5.69 Å². The quantitative estimate of drug-likeness (QED) is 0.777. The summed E-state index contributed by atoms with van der Waals surface area (Å²) < 4.78 is 27.2. The van der Waals surface area contributed by atoms with Gasteiger partial charge in [0.15, 0.2) is 0 Å². The summed E-state index contributed by atoms with van der Waals surface area (Å²) in [5, 5.41) is 0. The molecular weight excluding hydrogens is 274 g/mol. The van der Waals surface area contributed by atoms with Crippen LogP contribution in [0.2, 0.25) is 0 Å². The van der Waals surface area contributed by atoms with E-state index in [0.717, 1.165) is 16.6 Å². The highest BCUT2D eigenvalue weighted by Gasteiger charge is 2.14. The van der Waals surface area contributed by atoms with E-state index >= 15 is 0 Å². The third-order valence-corrected chi connectivity index (χ3v) is 4.35. The number of nitrogens with one attached hydrogen (secondary N) is 2. The van der Waals surface area contributed by atoms with Gasteiger partial charge in [0.25, 0.3) is 10.0 Å². The van der Waals surface area contributed by atoms with Crippen LogP contribution >= 0.6 is 0 Å². The molecule has 0 saturated heterocycles. The lowest BCUT2D eigenvalue weighted by atomic mass is 10.2. The molecule has 3 aromatic rings. The van der Waals surface area contributed by atoms with E-state index in [4.69, 9.17) is 0 Å². The van der Waals surface area contributed by atoms with Gasteiger partial charge in [0.05, 0.1) is 27.9 Å². The van der Waals surface area contributed by atoms with E-state index in [0.29, 0.717) is 5.69 Å². The molecule has 0 atom stereocenters. The van der Waals surface area contributed by atoms with E-state index < -0.39 is 10.0 Å². The fourth-order valence-electron chi connectivity index (χ4n) is 2.00. The van der Waals surface area contributed by atoms with Crippen LogP contribution in [0.3, 0.4) is 0 Å². The van der Waals surface area contributed by atoms with Crippen molar-refractivity contribution in [3.63, 3.8) is 0 Å². The smallest absolute Gasteiger partial charge is 0.261 e. The van der Waals surface area contributed by atoms with Crippen molar-refractivity contribution in [2.75, 3.05) is 4.72 Å². The summed E-state index contributed by atoms with van der Waals surface area (Å²) in [6, 6.07) is 12.0. The number of aromatic nitrogens is 2. The van der Waals surface area contributed by atoms with Crippen LogP contribution in [0.1, 0.15) is 5.56 Å². The van der Waals surface area contributed by atoms with Crippen LogP contribution in [0.25, 0.3) is 11.0 Å². The maximum Gasteiger partial charge on any atom is 0.261 e. The molecule has 5 nitrogen and oxygen atoms in total. The van der Waals surface area contributed by atoms with Crippen molar-refractivity contribution in [1.29, 1.82) is 0 Å². The predicted molar refractivity (Wildman–Crippen MR) is 78.1 cm³/mol. The Labute approximate surface area is 116 Å². The monoisotopic (exact) mass is 287 g/mol. The molecule has 0 amide bonds. The van der Waals surface area contributed by atoms with Gasteiger partial charge < -0.3 is 4.98 Å². The number of nitrogens with zero attached hydrogens (tertiary/aromatic N) is 1. The van der Waals surface area contributed by atoms with Gasteiger partial charge in [-0.1, -0.05) is 12.1 Å². The molecule has 0 aliphatic rings. The first-order valence-electron chi connectivity index (χ1n) is 6.07. The normalized spacial score (nSPS) is 11.7. The molecule has 0 bridgehead atoms. The summed E-state index contributed by atoms with van der Waals surface area (Å²) in [5.41, 5.74) is 2.98. The van der Waals surface area contributed by atoms with Crippen LogP contribution in [-0.2, 0) is 10.0 Å². The van der Waals surface area contributed by atoms with E-state index in [9.17, 15) is 8.42 Å². The Kier molecular flexibility index (Phi) is 2.94. The molecule has 2 aromatic carbocycles. The van der Waals surface area contributed by atoms with Gasteiger partial charge in [-0.05, 0) is 42.8 Å². The van der Waals surface area contributed by atoms with Crippen LogP contribution in [0.5, 0.6) is 0 Å². The summed E-state index contributed by atoms with van der Waals surface area (Å²) in [5.74, 6) is 0. The number of aryl methyl sites for hydroxylation is 1. The largest absolute Gasteiger partial charge is 0.345 e. The Morgan fingerprint density at radius 1 is 1.15 bits per heavy atom. The zero-order chi connectivity index (χ0) is 14.2. The van der Waals surface area contributed by atoms with Crippen LogP contribution in [0.15, 0.2) is 53.7 Å². The lowest BCUT2D eigenvalue weighted by Gasteiger charge is -2.08. The van der Waals surface area contributed by atoms with E-state index in [1.807, 2.05) is 13.0 Å². The van der Waals surface area contributed by atoms with Crippen molar-refractivity contribution in [3.05, 3.63) is 54.4 Å².